The largest absolute Gasteiger partial charge is 0.323 e. The minimum atomic E-state index is -3.53. The second kappa shape index (κ2) is 6.53. The lowest BCUT2D eigenvalue weighted by Crippen LogP contribution is -2.31. The first-order valence-corrected chi connectivity index (χ1v) is 8.32. The van der Waals surface area contributed by atoms with Gasteiger partial charge in [-0.1, -0.05) is 19.1 Å². The highest BCUT2D eigenvalue weighted by Gasteiger charge is 2.24. The van der Waals surface area contributed by atoms with Crippen molar-refractivity contribution in [2.45, 2.75) is 18.2 Å². The van der Waals surface area contributed by atoms with E-state index in [9.17, 15) is 8.42 Å². The van der Waals surface area contributed by atoms with Crippen molar-refractivity contribution in [3.8, 4) is 0 Å². The number of nitrogens with zero attached hydrogens (tertiary/aromatic N) is 1. The SMILES string of the molecule is CCN1CCC(CNS(=O)(=O)c2ccccc2NN)C1. The van der Waals surface area contributed by atoms with Gasteiger partial charge < -0.3 is 10.3 Å². The number of likely N-dealkylation sites (tertiary alicyclic amines) is 1. The van der Waals surface area contributed by atoms with Crippen molar-refractivity contribution in [2.75, 3.05) is 31.6 Å². The fourth-order valence-electron chi connectivity index (χ4n) is 2.49. The van der Waals surface area contributed by atoms with Crippen LogP contribution in [0.4, 0.5) is 5.69 Å². The second-order valence-electron chi connectivity index (χ2n) is 5.04. The van der Waals surface area contributed by atoms with Gasteiger partial charge in [0.1, 0.15) is 4.90 Å². The van der Waals surface area contributed by atoms with Crippen LogP contribution in [-0.2, 0) is 10.0 Å². The first kappa shape index (κ1) is 15.2. The predicted octanol–water partition coefficient (Wildman–Crippen LogP) is 0.592. The highest BCUT2D eigenvalue weighted by atomic mass is 32.2. The van der Waals surface area contributed by atoms with E-state index in [4.69, 9.17) is 5.84 Å². The maximum absolute atomic E-state index is 12.3. The molecule has 1 unspecified atom stereocenters. The summed E-state index contributed by atoms with van der Waals surface area (Å²) in [4.78, 5) is 2.52. The summed E-state index contributed by atoms with van der Waals surface area (Å²) in [6.07, 6.45) is 1.03. The zero-order valence-corrected chi connectivity index (χ0v) is 12.5. The van der Waals surface area contributed by atoms with Gasteiger partial charge in [-0.2, -0.15) is 0 Å². The summed E-state index contributed by atoms with van der Waals surface area (Å²) in [5.74, 6) is 5.73. The van der Waals surface area contributed by atoms with E-state index in [1.807, 2.05) is 0 Å². The molecule has 6 nitrogen and oxygen atoms in total. The third-order valence-corrected chi connectivity index (χ3v) is 5.19. The monoisotopic (exact) mass is 298 g/mol. The first-order chi connectivity index (χ1) is 9.56. The Morgan fingerprint density at radius 1 is 1.40 bits per heavy atom. The Hall–Kier alpha value is -1.15. The fraction of sp³-hybridized carbons (Fsp3) is 0.538. The topological polar surface area (TPSA) is 87.5 Å². The van der Waals surface area contributed by atoms with Crippen LogP contribution in [0, 0.1) is 5.92 Å². The van der Waals surface area contributed by atoms with Crippen molar-refractivity contribution in [1.82, 2.24) is 9.62 Å². The molecule has 1 fully saturated rings. The molecule has 1 aliphatic heterocycles. The molecule has 0 spiro atoms. The zero-order chi connectivity index (χ0) is 14.6. The van der Waals surface area contributed by atoms with Gasteiger partial charge >= 0.3 is 0 Å². The molecule has 7 heteroatoms. The number of para-hydroxylation sites is 1. The van der Waals surface area contributed by atoms with E-state index in [-0.39, 0.29) is 4.90 Å². The van der Waals surface area contributed by atoms with Crippen LogP contribution in [0.3, 0.4) is 0 Å². The standard InChI is InChI=1S/C13H22N4O2S/c1-2-17-8-7-11(10-17)9-15-20(18,19)13-6-4-3-5-12(13)16-14/h3-6,11,15-16H,2,7-10,14H2,1H3. The molecule has 1 heterocycles. The molecule has 1 aromatic carbocycles. The van der Waals surface area contributed by atoms with Crippen LogP contribution in [0.5, 0.6) is 0 Å². The van der Waals surface area contributed by atoms with E-state index in [1.54, 1.807) is 24.3 Å². The maximum Gasteiger partial charge on any atom is 0.242 e. The van der Waals surface area contributed by atoms with Crippen molar-refractivity contribution in [3.63, 3.8) is 0 Å². The summed E-state index contributed by atoms with van der Waals surface area (Å²) < 4.78 is 27.3. The Morgan fingerprint density at radius 2 is 2.15 bits per heavy atom. The van der Waals surface area contributed by atoms with Gasteiger partial charge in [0.2, 0.25) is 10.0 Å². The Balaban J connectivity index is 2.01. The molecule has 20 heavy (non-hydrogen) atoms. The number of hydrazine groups is 1. The van der Waals surface area contributed by atoms with Crippen molar-refractivity contribution in [3.05, 3.63) is 24.3 Å². The Bertz CT molecular complexity index is 547. The number of benzene rings is 1. The van der Waals surface area contributed by atoms with Gasteiger partial charge in [-0.25, -0.2) is 13.1 Å². The number of nitrogens with two attached hydrogens (primary N) is 1. The third-order valence-electron chi connectivity index (χ3n) is 3.71. The molecule has 0 aromatic heterocycles. The molecule has 2 rings (SSSR count). The molecule has 0 bridgehead atoms. The van der Waals surface area contributed by atoms with E-state index in [1.165, 1.54) is 0 Å². The molecule has 1 aromatic rings. The van der Waals surface area contributed by atoms with Crippen LogP contribution in [0.1, 0.15) is 13.3 Å². The molecule has 0 amide bonds. The molecule has 0 saturated carbocycles. The summed E-state index contributed by atoms with van der Waals surface area (Å²) in [6, 6.07) is 6.61. The molecule has 4 N–H and O–H groups in total. The van der Waals surface area contributed by atoms with Crippen LogP contribution in [0.15, 0.2) is 29.2 Å². The summed E-state index contributed by atoms with van der Waals surface area (Å²) in [5, 5.41) is 0. The summed E-state index contributed by atoms with van der Waals surface area (Å²) in [5.41, 5.74) is 2.82. The smallest absolute Gasteiger partial charge is 0.242 e. The van der Waals surface area contributed by atoms with E-state index in [0.29, 0.717) is 18.2 Å². The molecule has 1 atom stereocenters. The average Bonchev–Trinajstić information content (AvgIpc) is 2.93. The van der Waals surface area contributed by atoms with Gasteiger partial charge in [0.15, 0.2) is 0 Å². The second-order valence-corrected chi connectivity index (χ2v) is 6.78. The summed E-state index contributed by atoms with van der Waals surface area (Å²) in [7, 11) is -3.53. The molecule has 1 saturated heterocycles. The minimum Gasteiger partial charge on any atom is -0.323 e. The average molecular weight is 298 g/mol. The Labute approximate surface area is 120 Å². The van der Waals surface area contributed by atoms with E-state index < -0.39 is 10.0 Å². The van der Waals surface area contributed by atoms with Crippen molar-refractivity contribution >= 4 is 15.7 Å². The number of hydrogen-bond acceptors (Lipinski definition) is 5. The van der Waals surface area contributed by atoms with Crippen molar-refractivity contribution in [2.24, 2.45) is 11.8 Å². The Kier molecular flexibility index (Phi) is 4.98. The lowest BCUT2D eigenvalue weighted by molar-refractivity contribution is 0.342. The maximum atomic E-state index is 12.3. The molecular weight excluding hydrogens is 276 g/mol. The summed E-state index contributed by atoms with van der Waals surface area (Å²) in [6.45, 7) is 5.61. The first-order valence-electron chi connectivity index (χ1n) is 6.84. The number of rotatable bonds is 6. The number of nitrogens with one attached hydrogen (secondary N) is 2. The lowest BCUT2D eigenvalue weighted by atomic mass is 10.1. The van der Waals surface area contributed by atoms with Gasteiger partial charge in [-0.05, 0) is 37.6 Å². The van der Waals surface area contributed by atoms with Crippen LogP contribution in [0.2, 0.25) is 0 Å². The summed E-state index contributed by atoms with van der Waals surface area (Å²) >= 11 is 0. The van der Waals surface area contributed by atoms with E-state index in [2.05, 4.69) is 22.0 Å². The van der Waals surface area contributed by atoms with Gasteiger partial charge in [0.25, 0.3) is 0 Å². The molecule has 112 valence electrons. The third kappa shape index (κ3) is 3.49. The van der Waals surface area contributed by atoms with Crippen LogP contribution < -0.4 is 16.0 Å². The lowest BCUT2D eigenvalue weighted by Gasteiger charge is -2.15. The number of hydrogen-bond donors (Lipinski definition) is 3. The van der Waals surface area contributed by atoms with Crippen LogP contribution in [-0.4, -0.2) is 39.5 Å². The highest BCUT2D eigenvalue weighted by molar-refractivity contribution is 7.89. The van der Waals surface area contributed by atoms with Gasteiger partial charge in [0.05, 0.1) is 5.69 Å². The molecular formula is C13H22N4O2S. The van der Waals surface area contributed by atoms with E-state index >= 15 is 0 Å². The van der Waals surface area contributed by atoms with Crippen molar-refractivity contribution in [1.29, 1.82) is 0 Å². The van der Waals surface area contributed by atoms with E-state index in [0.717, 1.165) is 26.1 Å². The Morgan fingerprint density at radius 3 is 2.80 bits per heavy atom. The molecule has 1 aliphatic rings. The minimum absolute atomic E-state index is 0.188. The molecule has 0 radical (unpaired) electrons. The fourth-order valence-corrected chi connectivity index (χ4v) is 3.78. The van der Waals surface area contributed by atoms with Crippen LogP contribution >= 0.6 is 0 Å². The van der Waals surface area contributed by atoms with Gasteiger partial charge in [-0.3, -0.25) is 5.84 Å². The normalized spacial score (nSPS) is 20.2. The highest BCUT2D eigenvalue weighted by Crippen LogP contribution is 2.20. The van der Waals surface area contributed by atoms with Crippen LogP contribution in [0.25, 0.3) is 0 Å². The van der Waals surface area contributed by atoms with Gasteiger partial charge in [-0.15, -0.1) is 0 Å². The van der Waals surface area contributed by atoms with Gasteiger partial charge in [0, 0.05) is 13.1 Å². The zero-order valence-electron chi connectivity index (χ0n) is 11.7. The van der Waals surface area contributed by atoms with Crippen molar-refractivity contribution < 1.29 is 8.42 Å². The predicted molar refractivity (Wildman–Crippen MR) is 79.7 cm³/mol. The molecule has 0 aliphatic carbocycles. The quantitative estimate of drug-likeness (QED) is 0.528. The number of sulfonamides is 1. The number of nitrogen functional groups attached to an aromatic ring is 1. The number of anilines is 1.